The van der Waals surface area contributed by atoms with Gasteiger partial charge >= 0.3 is 0 Å². The summed E-state index contributed by atoms with van der Waals surface area (Å²) in [5, 5.41) is 7.02. The van der Waals surface area contributed by atoms with Crippen LogP contribution in [-0.4, -0.2) is 31.4 Å². The quantitative estimate of drug-likeness (QED) is 0.911. The molecule has 0 aliphatic carbocycles. The van der Waals surface area contributed by atoms with Gasteiger partial charge in [0.15, 0.2) is 0 Å². The van der Waals surface area contributed by atoms with Crippen LogP contribution in [0.15, 0.2) is 35.0 Å². The molecule has 1 aromatic carbocycles. The number of thiophene rings is 1. The molecule has 0 saturated heterocycles. The number of carbonyl (C=O) groups is 1. The molecule has 1 amide bonds. The van der Waals surface area contributed by atoms with Gasteiger partial charge in [-0.25, -0.2) is 4.39 Å². The SMILES string of the molecule is CN(C)C(CNC(=O)c1ccc(F)cc1Cl)c1ccsc1. The lowest BCUT2D eigenvalue weighted by Crippen LogP contribution is -2.34. The zero-order valence-corrected chi connectivity index (χ0v) is 13.3. The number of hydrogen-bond donors (Lipinski definition) is 1. The van der Waals surface area contributed by atoms with Crippen molar-refractivity contribution in [3.63, 3.8) is 0 Å². The Morgan fingerprint density at radius 2 is 2.19 bits per heavy atom. The van der Waals surface area contributed by atoms with Crippen LogP contribution >= 0.6 is 22.9 Å². The summed E-state index contributed by atoms with van der Waals surface area (Å²) in [6, 6.07) is 5.87. The van der Waals surface area contributed by atoms with Crippen LogP contribution in [0.25, 0.3) is 0 Å². The monoisotopic (exact) mass is 326 g/mol. The van der Waals surface area contributed by atoms with Gasteiger partial charge in [0, 0.05) is 6.54 Å². The van der Waals surface area contributed by atoms with Crippen molar-refractivity contribution in [2.45, 2.75) is 6.04 Å². The lowest BCUT2D eigenvalue weighted by Gasteiger charge is -2.24. The third-order valence-corrected chi connectivity index (χ3v) is 4.20. The van der Waals surface area contributed by atoms with Gasteiger partial charge in [0.25, 0.3) is 5.91 Å². The smallest absolute Gasteiger partial charge is 0.252 e. The number of amides is 1. The standard InChI is InChI=1S/C15H16ClFN2OS/c1-19(2)14(10-5-6-21-9-10)8-18-15(20)12-4-3-11(17)7-13(12)16/h3-7,9,14H,8H2,1-2H3,(H,18,20). The predicted octanol–water partition coefficient (Wildman–Crippen LogP) is 3.57. The maximum Gasteiger partial charge on any atom is 0.252 e. The first-order valence-electron chi connectivity index (χ1n) is 6.41. The van der Waals surface area contributed by atoms with Crippen LogP contribution in [0.1, 0.15) is 22.0 Å². The van der Waals surface area contributed by atoms with Crippen LogP contribution in [-0.2, 0) is 0 Å². The Labute approximate surface area is 132 Å². The highest BCUT2D eigenvalue weighted by Gasteiger charge is 2.17. The number of halogens is 2. The molecule has 0 aliphatic heterocycles. The second-order valence-electron chi connectivity index (χ2n) is 4.87. The fraction of sp³-hybridized carbons (Fsp3) is 0.267. The third-order valence-electron chi connectivity index (χ3n) is 3.18. The van der Waals surface area contributed by atoms with Gasteiger partial charge in [-0.15, -0.1) is 0 Å². The second-order valence-corrected chi connectivity index (χ2v) is 6.06. The highest BCUT2D eigenvalue weighted by atomic mass is 35.5. The molecule has 0 saturated carbocycles. The van der Waals surface area contributed by atoms with E-state index >= 15 is 0 Å². The maximum absolute atomic E-state index is 13.0. The molecule has 1 aromatic heterocycles. The first-order chi connectivity index (χ1) is 9.99. The van der Waals surface area contributed by atoms with Crippen molar-refractivity contribution < 1.29 is 9.18 Å². The summed E-state index contributed by atoms with van der Waals surface area (Å²) in [5.41, 5.74) is 1.43. The van der Waals surface area contributed by atoms with Gasteiger partial charge in [0.2, 0.25) is 0 Å². The Bertz CT molecular complexity index is 616. The first-order valence-corrected chi connectivity index (χ1v) is 7.73. The van der Waals surface area contributed by atoms with Crippen LogP contribution in [0.4, 0.5) is 4.39 Å². The molecule has 1 atom stereocenters. The van der Waals surface area contributed by atoms with Gasteiger partial charge in [0.1, 0.15) is 5.82 Å². The molecule has 3 nitrogen and oxygen atoms in total. The minimum Gasteiger partial charge on any atom is -0.350 e. The van der Waals surface area contributed by atoms with E-state index in [2.05, 4.69) is 10.7 Å². The molecule has 0 spiro atoms. The van der Waals surface area contributed by atoms with Crippen molar-refractivity contribution in [3.8, 4) is 0 Å². The van der Waals surface area contributed by atoms with Gasteiger partial charge in [-0.1, -0.05) is 11.6 Å². The number of benzene rings is 1. The second kappa shape index (κ2) is 7.02. The molecule has 0 bridgehead atoms. The summed E-state index contributed by atoms with van der Waals surface area (Å²) in [5.74, 6) is -0.761. The van der Waals surface area contributed by atoms with Gasteiger partial charge in [-0.2, -0.15) is 11.3 Å². The summed E-state index contributed by atoms with van der Waals surface area (Å²) in [4.78, 5) is 14.2. The summed E-state index contributed by atoms with van der Waals surface area (Å²) in [6.07, 6.45) is 0. The van der Waals surface area contributed by atoms with Gasteiger partial charge < -0.3 is 10.2 Å². The number of nitrogens with one attached hydrogen (secondary N) is 1. The van der Waals surface area contributed by atoms with Gasteiger partial charge in [0.05, 0.1) is 16.6 Å². The lowest BCUT2D eigenvalue weighted by atomic mass is 10.1. The molecule has 112 valence electrons. The minimum atomic E-state index is -0.457. The Kier molecular flexibility index (Phi) is 5.33. The highest BCUT2D eigenvalue weighted by molar-refractivity contribution is 7.07. The molecule has 1 unspecified atom stereocenters. The molecule has 1 N–H and O–H groups in total. The molecular formula is C15H16ClFN2OS. The first kappa shape index (κ1) is 15.9. The van der Waals surface area contributed by atoms with Crippen molar-refractivity contribution in [2.24, 2.45) is 0 Å². The number of rotatable bonds is 5. The van der Waals surface area contributed by atoms with E-state index in [-0.39, 0.29) is 22.5 Å². The summed E-state index contributed by atoms with van der Waals surface area (Å²) < 4.78 is 13.0. The van der Waals surface area contributed by atoms with Gasteiger partial charge in [-0.05, 0) is 54.7 Å². The highest BCUT2D eigenvalue weighted by Crippen LogP contribution is 2.21. The summed E-state index contributed by atoms with van der Waals surface area (Å²) in [7, 11) is 3.92. The average Bonchev–Trinajstić information content (AvgIpc) is 2.92. The fourth-order valence-electron chi connectivity index (χ4n) is 2.02. The molecule has 0 fully saturated rings. The lowest BCUT2D eigenvalue weighted by molar-refractivity contribution is 0.0942. The van der Waals surface area contributed by atoms with E-state index in [1.807, 2.05) is 30.4 Å². The molecular weight excluding hydrogens is 311 g/mol. The van der Waals surface area contributed by atoms with Crippen LogP contribution in [0.2, 0.25) is 5.02 Å². The normalized spacial score (nSPS) is 12.4. The van der Waals surface area contributed by atoms with Gasteiger partial charge in [-0.3, -0.25) is 4.79 Å². The topological polar surface area (TPSA) is 32.3 Å². The third kappa shape index (κ3) is 4.03. The zero-order chi connectivity index (χ0) is 15.4. The molecule has 1 heterocycles. The molecule has 0 aliphatic rings. The van der Waals surface area contributed by atoms with Crippen LogP contribution in [0.3, 0.4) is 0 Å². The van der Waals surface area contributed by atoms with Crippen molar-refractivity contribution >= 4 is 28.8 Å². The van der Waals surface area contributed by atoms with E-state index < -0.39 is 5.82 Å². The Morgan fingerprint density at radius 1 is 1.43 bits per heavy atom. The Morgan fingerprint density at radius 3 is 2.76 bits per heavy atom. The van der Waals surface area contributed by atoms with Crippen molar-refractivity contribution in [1.29, 1.82) is 0 Å². The van der Waals surface area contributed by atoms with Crippen LogP contribution < -0.4 is 5.32 Å². The molecule has 2 rings (SSSR count). The van der Waals surface area contributed by atoms with E-state index in [4.69, 9.17) is 11.6 Å². The summed E-state index contributed by atoms with van der Waals surface area (Å²) in [6.45, 7) is 0.455. The van der Waals surface area contributed by atoms with Crippen molar-refractivity contribution in [1.82, 2.24) is 10.2 Å². The Hall–Kier alpha value is -1.43. The minimum absolute atomic E-state index is 0.0828. The summed E-state index contributed by atoms with van der Waals surface area (Å²) >= 11 is 7.51. The number of hydrogen-bond acceptors (Lipinski definition) is 3. The molecule has 2 aromatic rings. The largest absolute Gasteiger partial charge is 0.350 e. The van der Waals surface area contributed by atoms with E-state index in [0.29, 0.717) is 6.54 Å². The van der Waals surface area contributed by atoms with Crippen molar-refractivity contribution in [3.05, 3.63) is 57.0 Å². The fourth-order valence-corrected chi connectivity index (χ4v) is 2.98. The van der Waals surface area contributed by atoms with Crippen molar-refractivity contribution in [2.75, 3.05) is 20.6 Å². The zero-order valence-electron chi connectivity index (χ0n) is 11.8. The average molecular weight is 327 g/mol. The number of nitrogens with zero attached hydrogens (tertiary/aromatic N) is 1. The molecule has 21 heavy (non-hydrogen) atoms. The number of carbonyl (C=O) groups excluding carboxylic acids is 1. The molecule has 0 radical (unpaired) electrons. The molecule has 6 heteroatoms. The van der Waals surface area contributed by atoms with E-state index in [1.165, 1.54) is 12.1 Å². The van der Waals surface area contributed by atoms with E-state index in [1.54, 1.807) is 11.3 Å². The Balaban J connectivity index is 2.05. The number of likely N-dealkylation sites (N-methyl/N-ethyl adjacent to an activating group) is 1. The van der Waals surface area contributed by atoms with E-state index in [0.717, 1.165) is 11.6 Å². The maximum atomic E-state index is 13.0. The van der Waals surface area contributed by atoms with Crippen LogP contribution in [0, 0.1) is 5.82 Å². The predicted molar refractivity (Wildman–Crippen MR) is 84.5 cm³/mol. The van der Waals surface area contributed by atoms with Crippen LogP contribution in [0.5, 0.6) is 0 Å². The van der Waals surface area contributed by atoms with E-state index in [9.17, 15) is 9.18 Å².